The lowest BCUT2D eigenvalue weighted by atomic mass is 10.2. The largest absolute Gasteiger partial charge is 0.484 e. The smallest absolute Gasteiger partial charge is 0.174 e. The average molecular weight is 306 g/mol. The molecule has 18 heavy (non-hydrogen) atoms. The van der Waals surface area contributed by atoms with E-state index in [1.165, 1.54) is 12.1 Å². The molecule has 0 aliphatic heterocycles. The fourth-order valence-corrected chi connectivity index (χ4v) is 1.91. The molecule has 0 aliphatic rings. The molecule has 0 spiro atoms. The van der Waals surface area contributed by atoms with Crippen LogP contribution in [0.15, 0.2) is 46.9 Å². The summed E-state index contributed by atoms with van der Waals surface area (Å²) in [5, 5.41) is 8.99. The zero-order chi connectivity index (χ0) is 13.0. The molecule has 0 heterocycles. The van der Waals surface area contributed by atoms with Crippen molar-refractivity contribution in [3.05, 3.63) is 63.9 Å². The van der Waals surface area contributed by atoms with Crippen molar-refractivity contribution in [2.75, 3.05) is 0 Å². The Balaban J connectivity index is 2.25. The normalized spacial score (nSPS) is 9.83. The second-order valence-corrected chi connectivity index (χ2v) is 4.47. The standard InChI is InChI=1S/C14H9BrFNO/c15-12-6-7-13(16)14(11(12)8-17)18-9-10-4-2-1-3-5-10/h1-7H,9H2. The zero-order valence-corrected chi connectivity index (χ0v) is 10.9. The van der Waals surface area contributed by atoms with E-state index < -0.39 is 5.82 Å². The lowest BCUT2D eigenvalue weighted by Gasteiger charge is -2.09. The summed E-state index contributed by atoms with van der Waals surface area (Å²) in [5.41, 5.74) is 1.09. The SMILES string of the molecule is N#Cc1c(Br)ccc(F)c1OCc1ccccc1. The van der Waals surface area contributed by atoms with E-state index in [1.807, 2.05) is 36.4 Å². The van der Waals surface area contributed by atoms with Crippen molar-refractivity contribution in [1.29, 1.82) is 5.26 Å². The predicted molar refractivity (Wildman–Crippen MR) is 69.6 cm³/mol. The van der Waals surface area contributed by atoms with Gasteiger partial charge in [-0.25, -0.2) is 4.39 Å². The van der Waals surface area contributed by atoms with Gasteiger partial charge in [-0.3, -0.25) is 0 Å². The van der Waals surface area contributed by atoms with E-state index in [4.69, 9.17) is 10.00 Å². The van der Waals surface area contributed by atoms with Crippen LogP contribution < -0.4 is 4.74 Å². The van der Waals surface area contributed by atoms with Crippen molar-refractivity contribution in [3.8, 4) is 11.8 Å². The van der Waals surface area contributed by atoms with Crippen LogP contribution in [0.25, 0.3) is 0 Å². The molecule has 0 aliphatic carbocycles. The first kappa shape index (κ1) is 12.6. The van der Waals surface area contributed by atoms with Gasteiger partial charge in [0.1, 0.15) is 18.2 Å². The van der Waals surface area contributed by atoms with Crippen LogP contribution in [0.5, 0.6) is 5.75 Å². The molecule has 0 radical (unpaired) electrons. The summed E-state index contributed by atoms with van der Waals surface area (Å²) in [6.07, 6.45) is 0. The van der Waals surface area contributed by atoms with E-state index in [1.54, 1.807) is 0 Å². The van der Waals surface area contributed by atoms with Crippen molar-refractivity contribution in [3.63, 3.8) is 0 Å². The van der Waals surface area contributed by atoms with Crippen LogP contribution in [-0.4, -0.2) is 0 Å². The van der Waals surface area contributed by atoms with Crippen molar-refractivity contribution in [1.82, 2.24) is 0 Å². The second-order valence-electron chi connectivity index (χ2n) is 3.62. The van der Waals surface area contributed by atoms with Crippen molar-refractivity contribution >= 4 is 15.9 Å². The van der Waals surface area contributed by atoms with E-state index in [2.05, 4.69) is 15.9 Å². The highest BCUT2D eigenvalue weighted by Crippen LogP contribution is 2.29. The highest BCUT2D eigenvalue weighted by Gasteiger charge is 2.13. The molecular formula is C14H9BrFNO. The van der Waals surface area contributed by atoms with Crippen molar-refractivity contribution in [2.45, 2.75) is 6.61 Å². The summed E-state index contributed by atoms with van der Waals surface area (Å²) < 4.78 is 19.5. The average Bonchev–Trinajstić information content (AvgIpc) is 2.41. The Morgan fingerprint density at radius 1 is 1.17 bits per heavy atom. The monoisotopic (exact) mass is 305 g/mol. The molecule has 0 N–H and O–H groups in total. The Morgan fingerprint density at radius 3 is 2.56 bits per heavy atom. The maximum absolute atomic E-state index is 13.6. The molecular weight excluding hydrogens is 297 g/mol. The van der Waals surface area contributed by atoms with Crippen LogP contribution in [-0.2, 0) is 6.61 Å². The molecule has 0 saturated heterocycles. The summed E-state index contributed by atoms with van der Waals surface area (Å²) in [6.45, 7) is 0.225. The third-order valence-electron chi connectivity index (χ3n) is 2.40. The molecule has 0 bridgehead atoms. The number of halogens is 2. The molecule has 0 fully saturated rings. The second kappa shape index (κ2) is 5.65. The Hall–Kier alpha value is -1.86. The third kappa shape index (κ3) is 2.69. The highest BCUT2D eigenvalue weighted by atomic mass is 79.9. The molecule has 0 amide bonds. The van der Waals surface area contributed by atoms with Gasteiger partial charge in [0.05, 0.1) is 0 Å². The maximum Gasteiger partial charge on any atom is 0.174 e. The van der Waals surface area contributed by atoms with Gasteiger partial charge in [0.25, 0.3) is 0 Å². The number of hydrogen-bond donors (Lipinski definition) is 0. The van der Waals surface area contributed by atoms with Gasteiger partial charge in [-0.1, -0.05) is 30.3 Å². The zero-order valence-electron chi connectivity index (χ0n) is 9.36. The first-order valence-electron chi connectivity index (χ1n) is 5.27. The summed E-state index contributed by atoms with van der Waals surface area (Å²) in [6, 6.07) is 14.1. The van der Waals surface area contributed by atoms with Crippen LogP contribution in [0.1, 0.15) is 11.1 Å². The number of ether oxygens (including phenoxy) is 1. The Kier molecular flexibility index (Phi) is 3.96. The summed E-state index contributed by atoms with van der Waals surface area (Å²) in [5.74, 6) is -0.554. The van der Waals surface area contributed by atoms with Crippen LogP contribution in [0.3, 0.4) is 0 Å². The van der Waals surface area contributed by atoms with Gasteiger partial charge in [-0.05, 0) is 33.6 Å². The summed E-state index contributed by atoms with van der Waals surface area (Å²) in [7, 11) is 0. The van der Waals surface area contributed by atoms with Crippen molar-refractivity contribution in [2.24, 2.45) is 0 Å². The van der Waals surface area contributed by atoms with Gasteiger partial charge in [-0.15, -0.1) is 0 Å². The predicted octanol–water partition coefficient (Wildman–Crippen LogP) is 4.04. The van der Waals surface area contributed by atoms with E-state index in [0.717, 1.165) is 5.56 Å². The first-order chi connectivity index (χ1) is 8.72. The van der Waals surface area contributed by atoms with E-state index in [9.17, 15) is 4.39 Å². The fourth-order valence-electron chi connectivity index (χ4n) is 1.51. The summed E-state index contributed by atoms with van der Waals surface area (Å²) in [4.78, 5) is 0. The molecule has 0 atom stereocenters. The van der Waals surface area contributed by atoms with E-state index in [0.29, 0.717) is 4.47 Å². The fraction of sp³-hybridized carbons (Fsp3) is 0.0714. The van der Waals surface area contributed by atoms with Gasteiger partial charge in [0.15, 0.2) is 11.6 Å². The molecule has 4 heteroatoms. The minimum Gasteiger partial charge on any atom is -0.484 e. The molecule has 2 aromatic rings. The third-order valence-corrected chi connectivity index (χ3v) is 3.06. The number of nitrogens with zero attached hydrogens (tertiary/aromatic N) is 1. The minimum absolute atomic E-state index is 0.0178. The van der Waals surface area contributed by atoms with Crippen LogP contribution >= 0.6 is 15.9 Å². The Bertz CT molecular complexity index is 593. The van der Waals surface area contributed by atoms with Crippen LogP contribution in [0.4, 0.5) is 4.39 Å². The molecule has 0 saturated carbocycles. The molecule has 2 rings (SSSR count). The number of benzene rings is 2. The molecule has 90 valence electrons. The highest BCUT2D eigenvalue weighted by molar-refractivity contribution is 9.10. The number of rotatable bonds is 3. The van der Waals surface area contributed by atoms with Gasteiger partial charge < -0.3 is 4.74 Å². The lowest BCUT2D eigenvalue weighted by Crippen LogP contribution is -2.00. The van der Waals surface area contributed by atoms with Gasteiger partial charge in [0.2, 0.25) is 0 Å². The topological polar surface area (TPSA) is 33.0 Å². The van der Waals surface area contributed by atoms with Gasteiger partial charge in [-0.2, -0.15) is 5.26 Å². The van der Waals surface area contributed by atoms with Gasteiger partial charge in [0, 0.05) is 4.47 Å². The summed E-state index contributed by atoms with van der Waals surface area (Å²) >= 11 is 3.20. The lowest BCUT2D eigenvalue weighted by molar-refractivity contribution is 0.289. The van der Waals surface area contributed by atoms with E-state index >= 15 is 0 Å². The molecule has 0 aromatic heterocycles. The molecule has 2 aromatic carbocycles. The maximum atomic E-state index is 13.6. The quantitative estimate of drug-likeness (QED) is 0.857. The van der Waals surface area contributed by atoms with Crippen molar-refractivity contribution < 1.29 is 9.13 Å². The van der Waals surface area contributed by atoms with Gasteiger partial charge >= 0.3 is 0 Å². The first-order valence-corrected chi connectivity index (χ1v) is 6.06. The molecule has 0 unspecified atom stereocenters. The number of hydrogen-bond acceptors (Lipinski definition) is 2. The number of nitriles is 1. The minimum atomic E-state index is -0.536. The Morgan fingerprint density at radius 2 is 1.89 bits per heavy atom. The van der Waals surface area contributed by atoms with Crippen LogP contribution in [0.2, 0.25) is 0 Å². The molecule has 2 nitrogen and oxygen atoms in total. The van der Waals surface area contributed by atoms with Crippen LogP contribution in [0, 0.1) is 17.1 Å². The Labute approximate surface area is 113 Å². The van der Waals surface area contributed by atoms with E-state index in [-0.39, 0.29) is 17.9 Å².